The zero-order valence-electron chi connectivity index (χ0n) is 10.6. The lowest BCUT2D eigenvalue weighted by Gasteiger charge is -2.22. The Morgan fingerprint density at radius 1 is 1.31 bits per heavy atom. The fraction of sp³-hybridized carbons (Fsp3) is 1.00. The van der Waals surface area contributed by atoms with E-state index in [-0.39, 0.29) is 0 Å². The average Bonchev–Trinajstić information content (AvgIpc) is 2.88. The number of hydrogen-bond donors (Lipinski definition) is 2. The van der Waals surface area contributed by atoms with Gasteiger partial charge in [-0.2, -0.15) is 0 Å². The second-order valence-electron chi connectivity index (χ2n) is 5.94. The maximum atomic E-state index is 8.76. The third-order valence-corrected chi connectivity index (χ3v) is 4.69. The molecule has 0 aliphatic heterocycles. The summed E-state index contributed by atoms with van der Waals surface area (Å²) >= 11 is 0. The van der Waals surface area contributed by atoms with E-state index in [0.29, 0.717) is 12.6 Å². The molecule has 16 heavy (non-hydrogen) atoms. The summed E-state index contributed by atoms with van der Waals surface area (Å²) in [5.41, 5.74) is 0. The number of rotatable bonds is 7. The molecule has 2 aliphatic carbocycles. The molecule has 0 amide bonds. The summed E-state index contributed by atoms with van der Waals surface area (Å²) in [6.45, 7) is 3.75. The molecule has 0 aromatic heterocycles. The molecular formula is C14H27NO. The predicted octanol–water partition coefficient (Wildman–Crippen LogP) is 2.56. The lowest BCUT2D eigenvalue weighted by molar-refractivity contribution is 0.272. The summed E-state index contributed by atoms with van der Waals surface area (Å²) in [4.78, 5) is 0. The quantitative estimate of drug-likeness (QED) is 0.698. The van der Waals surface area contributed by atoms with E-state index in [1.807, 2.05) is 0 Å². The Kier molecular flexibility index (Phi) is 4.66. The predicted molar refractivity (Wildman–Crippen MR) is 67.3 cm³/mol. The van der Waals surface area contributed by atoms with Crippen molar-refractivity contribution in [1.29, 1.82) is 0 Å². The number of hydrogen-bond acceptors (Lipinski definition) is 2. The molecule has 2 fully saturated rings. The van der Waals surface area contributed by atoms with Crippen molar-refractivity contribution < 1.29 is 5.11 Å². The van der Waals surface area contributed by atoms with Gasteiger partial charge in [0.1, 0.15) is 0 Å². The van der Waals surface area contributed by atoms with E-state index in [2.05, 4.69) is 12.2 Å². The molecule has 2 nitrogen and oxygen atoms in total. The van der Waals surface area contributed by atoms with Gasteiger partial charge in [-0.3, -0.25) is 0 Å². The number of fused-ring (bicyclic) bond motifs is 2. The summed E-state index contributed by atoms with van der Waals surface area (Å²) in [5, 5.41) is 12.3. The molecule has 0 spiro atoms. The molecule has 2 aliphatic rings. The van der Waals surface area contributed by atoms with E-state index in [1.54, 1.807) is 0 Å². The van der Waals surface area contributed by atoms with Gasteiger partial charge in [0.05, 0.1) is 0 Å². The fourth-order valence-corrected chi connectivity index (χ4v) is 3.74. The first kappa shape index (κ1) is 12.4. The second-order valence-corrected chi connectivity index (χ2v) is 5.94. The van der Waals surface area contributed by atoms with Gasteiger partial charge in [0.25, 0.3) is 0 Å². The van der Waals surface area contributed by atoms with Gasteiger partial charge in [-0.05, 0) is 69.7 Å². The third kappa shape index (κ3) is 3.21. The molecule has 2 N–H and O–H groups in total. The third-order valence-electron chi connectivity index (χ3n) is 4.69. The van der Waals surface area contributed by atoms with Crippen molar-refractivity contribution in [2.24, 2.45) is 17.8 Å². The molecule has 0 heterocycles. The van der Waals surface area contributed by atoms with Gasteiger partial charge >= 0.3 is 0 Å². The highest BCUT2D eigenvalue weighted by Gasteiger charge is 2.38. The smallest absolute Gasteiger partial charge is 0.0431 e. The van der Waals surface area contributed by atoms with Gasteiger partial charge in [0, 0.05) is 12.6 Å². The highest BCUT2D eigenvalue weighted by molar-refractivity contribution is 4.90. The normalized spacial score (nSPS) is 34.5. The van der Waals surface area contributed by atoms with Crippen LogP contribution in [0.2, 0.25) is 0 Å². The number of aliphatic hydroxyl groups excluding tert-OH is 1. The van der Waals surface area contributed by atoms with Crippen LogP contribution in [0.4, 0.5) is 0 Å². The lowest BCUT2D eigenvalue weighted by Crippen LogP contribution is -2.29. The van der Waals surface area contributed by atoms with Crippen molar-refractivity contribution >= 4 is 0 Å². The molecule has 4 atom stereocenters. The van der Waals surface area contributed by atoms with Crippen LogP contribution in [0.15, 0.2) is 0 Å². The van der Waals surface area contributed by atoms with E-state index in [0.717, 1.165) is 30.6 Å². The van der Waals surface area contributed by atoms with Gasteiger partial charge < -0.3 is 10.4 Å². The Hall–Kier alpha value is -0.0800. The zero-order valence-corrected chi connectivity index (χ0v) is 10.6. The maximum Gasteiger partial charge on any atom is 0.0431 e. The summed E-state index contributed by atoms with van der Waals surface area (Å²) < 4.78 is 0. The van der Waals surface area contributed by atoms with Crippen molar-refractivity contribution in [3.8, 4) is 0 Å². The van der Waals surface area contributed by atoms with Crippen molar-refractivity contribution in [3.05, 3.63) is 0 Å². The van der Waals surface area contributed by atoms with Crippen molar-refractivity contribution in [2.45, 2.75) is 57.9 Å². The van der Waals surface area contributed by atoms with Gasteiger partial charge in [-0.15, -0.1) is 0 Å². The monoisotopic (exact) mass is 225 g/mol. The minimum Gasteiger partial charge on any atom is -0.396 e. The van der Waals surface area contributed by atoms with E-state index in [1.165, 1.54) is 38.6 Å². The van der Waals surface area contributed by atoms with E-state index in [9.17, 15) is 0 Å². The van der Waals surface area contributed by atoms with Crippen LogP contribution in [0.25, 0.3) is 0 Å². The SMILES string of the molecule is CC(CCCO)NCCC1CC2CCC1C2. The Balaban J connectivity index is 1.54. The molecular weight excluding hydrogens is 198 g/mol. The molecule has 4 unspecified atom stereocenters. The largest absolute Gasteiger partial charge is 0.396 e. The van der Waals surface area contributed by atoms with Crippen molar-refractivity contribution in [2.75, 3.05) is 13.2 Å². The standard InChI is InChI=1S/C14H27NO/c1-11(3-2-8-16)15-7-6-14-10-12-4-5-13(14)9-12/h11-16H,2-10H2,1H3. The first-order valence-corrected chi connectivity index (χ1v) is 7.14. The maximum absolute atomic E-state index is 8.76. The van der Waals surface area contributed by atoms with Crippen LogP contribution >= 0.6 is 0 Å². The second kappa shape index (κ2) is 6.02. The van der Waals surface area contributed by atoms with Crippen LogP contribution < -0.4 is 5.32 Å². The van der Waals surface area contributed by atoms with Crippen LogP contribution in [0.5, 0.6) is 0 Å². The topological polar surface area (TPSA) is 32.3 Å². The molecule has 94 valence electrons. The van der Waals surface area contributed by atoms with Gasteiger partial charge in [0.15, 0.2) is 0 Å². The number of aliphatic hydroxyl groups is 1. The minimum atomic E-state index is 0.332. The Morgan fingerprint density at radius 2 is 2.19 bits per heavy atom. The highest BCUT2D eigenvalue weighted by Crippen LogP contribution is 2.49. The van der Waals surface area contributed by atoms with Gasteiger partial charge in [-0.25, -0.2) is 0 Å². The van der Waals surface area contributed by atoms with Crippen LogP contribution in [0.1, 0.15) is 51.9 Å². The first-order valence-electron chi connectivity index (χ1n) is 7.14. The van der Waals surface area contributed by atoms with Gasteiger partial charge in [0.2, 0.25) is 0 Å². The Morgan fingerprint density at radius 3 is 2.81 bits per heavy atom. The van der Waals surface area contributed by atoms with Crippen LogP contribution in [0.3, 0.4) is 0 Å². The van der Waals surface area contributed by atoms with Gasteiger partial charge in [-0.1, -0.05) is 6.42 Å². The van der Waals surface area contributed by atoms with E-state index in [4.69, 9.17) is 5.11 Å². The molecule has 0 saturated heterocycles. The molecule has 2 saturated carbocycles. The Labute approximate surface area is 99.8 Å². The lowest BCUT2D eigenvalue weighted by atomic mass is 9.86. The molecule has 2 bridgehead atoms. The summed E-state index contributed by atoms with van der Waals surface area (Å²) in [7, 11) is 0. The molecule has 0 aromatic carbocycles. The van der Waals surface area contributed by atoms with E-state index < -0.39 is 0 Å². The van der Waals surface area contributed by atoms with Crippen LogP contribution in [-0.2, 0) is 0 Å². The van der Waals surface area contributed by atoms with Crippen LogP contribution in [0, 0.1) is 17.8 Å². The Bertz CT molecular complexity index is 207. The molecule has 2 heteroatoms. The average molecular weight is 225 g/mol. The summed E-state index contributed by atoms with van der Waals surface area (Å²) in [6, 6.07) is 0.575. The molecule has 0 aromatic rings. The summed E-state index contributed by atoms with van der Waals surface area (Å²) in [6.07, 6.45) is 9.49. The number of nitrogens with one attached hydrogen (secondary N) is 1. The fourth-order valence-electron chi connectivity index (χ4n) is 3.74. The first-order chi connectivity index (χ1) is 7.79. The zero-order chi connectivity index (χ0) is 11.4. The van der Waals surface area contributed by atoms with E-state index >= 15 is 0 Å². The summed E-state index contributed by atoms with van der Waals surface area (Å²) in [5.74, 6) is 3.18. The molecule has 0 radical (unpaired) electrons. The highest BCUT2D eigenvalue weighted by atomic mass is 16.2. The molecule has 2 rings (SSSR count). The van der Waals surface area contributed by atoms with Crippen LogP contribution in [-0.4, -0.2) is 24.3 Å². The van der Waals surface area contributed by atoms with Crippen molar-refractivity contribution in [1.82, 2.24) is 5.32 Å². The van der Waals surface area contributed by atoms with Crippen molar-refractivity contribution in [3.63, 3.8) is 0 Å². The minimum absolute atomic E-state index is 0.332.